The van der Waals surface area contributed by atoms with E-state index in [1.54, 1.807) is 24.3 Å². The maximum atomic E-state index is 14.4. The van der Waals surface area contributed by atoms with E-state index in [0.29, 0.717) is 16.2 Å². The van der Waals surface area contributed by atoms with Crippen molar-refractivity contribution in [2.75, 3.05) is 6.61 Å². The Labute approximate surface area is 272 Å². The number of aromatic hydroxyl groups is 2. The number of rotatable bonds is 5. The van der Waals surface area contributed by atoms with E-state index >= 15 is 0 Å². The SMILES string of the molecule is O=C1c2c(c3c4cccc(O)c4n([C@@H]4O[C@H](CO)[C@@H](O)[C@H](O)[C@H]4O)c3c3[nH]c4c(O)cccc4c23)C(=O)N1NCc1ccc(Br)cc1. The highest BCUT2D eigenvalue weighted by Gasteiger charge is 2.47. The quantitative estimate of drug-likeness (QED) is 0.124. The predicted octanol–water partition coefficient (Wildman–Crippen LogP) is 2.88. The lowest BCUT2D eigenvalue weighted by Crippen LogP contribution is -2.56. The van der Waals surface area contributed by atoms with Crippen molar-refractivity contribution in [3.05, 3.63) is 81.8 Å². The van der Waals surface area contributed by atoms with Crippen LogP contribution in [0.5, 0.6) is 11.5 Å². The number of fused-ring (bicyclic) bond motifs is 10. The number of aromatic nitrogens is 2. The molecule has 6 aromatic rings. The van der Waals surface area contributed by atoms with Crippen LogP contribution in [0.4, 0.5) is 0 Å². The number of nitrogens with one attached hydrogen (secondary N) is 2. The Balaban J connectivity index is 1.46. The number of carbonyl (C=O) groups excluding carboxylic acids is 2. The van der Waals surface area contributed by atoms with Gasteiger partial charge in [0.1, 0.15) is 35.9 Å². The van der Waals surface area contributed by atoms with Gasteiger partial charge in [0, 0.05) is 32.6 Å². The minimum atomic E-state index is -1.76. The molecule has 240 valence electrons. The summed E-state index contributed by atoms with van der Waals surface area (Å²) in [7, 11) is 0. The van der Waals surface area contributed by atoms with E-state index in [0.717, 1.165) is 15.0 Å². The van der Waals surface area contributed by atoms with Crippen LogP contribution in [0.1, 0.15) is 32.5 Å². The predicted molar refractivity (Wildman–Crippen MR) is 173 cm³/mol. The number of para-hydroxylation sites is 2. The standard InChI is InChI=1S/C33H27BrN4O9/c34-14-9-7-13(8-10-14)11-35-38-31(45)22-20-15-3-1-5-17(40)24(15)36-25(20)27-21(23(22)32(38)46)16-4-2-6-18(41)26(16)37(27)33-30(44)29(43)28(42)19(12-39)47-33/h1-10,19,28-30,33,35-36,39-44H,11-12H2/t19-,28-,29+,30-,33-/m1/s1. The maximum absolute atomic E-state index is 14.4. The first-order valence-electron chi connectivity index (χ1n) is 14.7. The molecule has 2 aliphatic heterocycles. The van der Waals surface area contributed by atoms with Crippen LogP contribution in [0.3, 0.4) is 0 Å². The number of aromatic amines is 1. The van der Waals surface area contributed by atoms with E-state index in [2.05, 4.69) is 26.3 Å². The van der Waals surface area contributed by atoms with Crippen LogP contribution in [-0.4, -0.2) is 88.0 Å². The Hall–Kier alpha value is -4.54. The summed E-state index contributed by atoms with van der Waals surface area (Å²) in [6.45, 7) is -0.547. The fourth-order valence-corrected chi connectivity index (χ4v) is 7.21. The lowest BCUT2D eigenvalue weighted by Gasteiger charge is -2.41. The summed E-state index contributed by atoms with van der Waals surface area (Å²) in [5, 5.41) is 66.9. The van der Waals surface area contributed by atoms with Gasteiger partial charge in [-0.1, -0.05) is 52.3 Å². The number of hydrazine groups is 1. The molecular formula is C33H27BrN4O9. The molecule has 2 aliphatic rings. The third-order valence-electron chi connectivity index (χ3n) is 9.11. The first-order chi connectivity index (χ1) is 22.6. The van der Waals surface area contributed by atoms with Crippen molar-refractivity contribution in [1.29, 1.82) is 0 Å². The molecule has 8 rings (SSSR count). The monoisotopic (exact) mass is 702 g/mol. The van der Waals surface area contributed by atoms with E-state index in [9.17, 15) is 40.2 Å². The number of imide groups is 1. The van der Waals surface area contributed by atoms with Crippen molar-refractivity contribution in [3.8, 4) is 11.5 Å². The summed E-state index contributed by atoms with van der Waals surface area (Å²) in [6, 6.07) is 16.7. The topological polar surface area (TPSA) is 201 Å². The lowest BCUT2D eigenvalue weighted by molar-refractivity contribution is -0.249. The van der Waals surface area contributed by atoms with Gasteiger partial charge in [-0.15, -0.1) is 0 Å². The van der Waals surface area contributed by atoms with Crippen LogP contribution in [0, 0.1) is 0 Å². The van der Waals surface area contributed by atoms with Gasteiger partial charge in [-0.3, -0.25) is 9.59 Å². The number of ether oxygens (including phenoxy) is 1. The van der Waals surface area contributed by atoms with Gasteiger partial charge in [-0.2, -0.15) is 0 Å². The molecule has 5 atom stereocenters. The summed E-state index contributed by atoms with van der Waals surface area (Å²) in [5.74, 6) is -1.69. The molecule has 47 heavy (non-hydrogen) atoms. The highest BCUT2D eigenvalue weighted by atomic mass is 79.9. The fraction of sp³-hybridized carbons (Fsp3) is 0.212. The Morgan fingerprint density at radius 1 is 0.787 bits per heavy atom. The van der Waals surface area contributed by atoms with Gasteiger partial charge in [0.05, 0.1) is 39.8 Å². The van der Waals surface area contributed by atoms with Crippen molar-refractivity contribution in [2.24, 2.45) is 0 Å². The summed E-state index contributed by atoms with van der Waals surface area (Å²) in [6.07, 6.45) is -7.92. The van der Waals surface area contributed by atoms with E-state index in [1.807, 2.05) is 24.3 Å². The molecule has 4 aromatic carbocycles. The number of hydrogen-bond acceptors (Lipinski definition) is 10. The molecule has 2 amide bonds. The average molecular weight is 704 g/mol. The Morgan fingerprint density at radius 3 is 2.15 bits per heavy atom. The van der Waals surface area contributed by atoms with Crippen molar-refractivity contribution in [3.63, 3.8) is 0 Å². The molecule has 0 aliphatic carbocycles. The molecule has 1 fully saturated rings. The summed E-state index contributed by atoms with van der Waals surface area (Å²) in [4.78, 5) is 31.8. The maximum Gasteiger partial charge on any atom is 0.276 e. The zero-order valence-corrected chi connectivity index (χ0v) is 25.8. The number of aliphatic hydroxyl groups excluding tert-OH is 4. The number of amides is 2. The van der Waals surface area contributed by atoms with E-state index < -0.39 is 49.1 Å². The number of H-pyrrole nitrogens is 1. The van der Waals surface area contributed by atoms with Crippen LogP contribution in [0.15, 0.2) is 65.1 Å². The zero-order chi connectivity index (χ0) is 32.9. The number of halogens is 1. The van der Waals surface area contributed by atoms with Gasteiger partial charge in [-0.25, -0.2) is 10.4 Å². The van der Waals surface area contributed by atoms with Gasteiger partial charge in [0.25, 0.3) is 11.8 Å². The molecule has 8 N–H and O–H groups in total. The average Bonchev–Trinajstić information content (AvgIpc) is 3.69. The highest BCUT2D eigenvalue weighted by molar-refractivity contribution is 9.10. The molecule has 0 radical (unpaired) electrons. The van der Waals surface area contributed by atoms with Gasteiger partial charge in [0.15, 0.2) is 6.23 Å². The van der Waals surface area contributed by atoms with Crippen molar-refractivity contribution >= 4 is 71.4 Å². The number of benzene rings is 4. The molecule has 13 nitrogen and oxygen atoms in total. The summed E-state index contributed by atoms with van der Waals surface area (Å²) >= 11 is 3.40. The molecular weight excluding hydrogens is 676 g/mol. The molecule has 0 saturated carbocycles. The third-order valence-corrected chi connectivity index (χ3v) is 9.64. The van der Waals surface area contributed by atoms with Crippen LogP contribution < -0.4 is 5.43 Å². The van der Waals surface area contributed by atoms with Crippen LogP contribution in [0.2, 0.25) is 0 Å². The Bertz CT molecular complexity index is 2280. The Kier molecular flexibility index (Phi) is 6.82. The van der Waals surface area contributed by atoms with E-state index in [1.165, 1.54) is 16.7 Å². The van der Waals surface area contributed by atoms with Crippen LogP contribution in [0.25, 0.3) is 43.6 Å². The van der Waals surface area contributed by atoms with Crippen molar-refractivity contribution in [1.82, 2.24) is 20.0 Å². The molecule has 2 aromatic heterocycles. The molecule has 4 heterocycles. The summed E-state index contributed by atoms with van der Waals surface area (Å²) < 4.78 is 8.24. The second-order valence-corrected chi connectivity index (χ2v) is 12.6. The lowest BCUT2D eigenvalue weighted by atomic mass is 9.96. The van der Waals surface area contributed by atoms with Gasteiger partial charge < -0.3 is 44.9 Å². The fourth-order valence-electron chi connectivity index (χ4n) is 6.94. The number of phenols is 2. The summed E-state index contributed by atoms with van der Waals surface area (Å²) in [5.41, 5.74) is 4.71. The van der Waals surface area contributed by atoms with Crippen molar-refractivity contribution in [2.45, 2.75) is 37.2 Å². The molecule has 1 saturated heterocycles. The largest absolute Gasteiger partial charge is 0.506 e. The van der Waals surface area contributed by atoms with E-state index in [-0.39, 0.29) is 56.6 Å². The minimum absolute atomic E-state index is 0.0176. The number of hydrogen-bond donors (Lipinski definition) is 8. The zero-order valence-electron chi connectivity index (χ0n) is 24.3. The first-order valence-corrected chi connectivity index (χ1v) is 15.5. The second kappa shape index (κ2) is 10.7. The second-order valence-electron chi connectivity index (χ2n) is 11.7. The van der Waals surface area contributed by atoms with Crippen LogP contribution in [-0.2, 0) is 11.3 Å². The third kappa shape index (κ3) is 4.17. The highest BCUT2D eigenvalue weighted by Crippen LogP contribution is 2.49. The normalized spacial score (nSPS) is 23.2. The van der Waals surface area contributed by atoms with Gasteiger partial charge in [-0.05, 0) is 29.8 Å². The first kappa shape index (κ1) is 29.8. The Morgan fingerprint density at radius 2 is 1.45 bits per heavy atom. The molecule has 0 unspecified atom stereocenters. The number of nitrogens with zero attached hydrogens (tertiary/aromatic N) is 2. The van der Waals surface area contributed by atoms with Gasteiger partial charge in [0.2, 0.25) is 0 Å². The number of phenolic OH excluding ortho intramolecular Hbond substituents is 2. The minimum Gasteiger partial charge on any atom is -0.506 e. The van der Waals surface area contributed by atoms with Crippen molar-refractivity contribution < 1.29 is 45.0 Å². The molecule has 0 spiro atoms. The number of aliphatic hydroxyl groups is 4. The van der Waals surface area contributed by atoms with Gasteiger partial charge >= 0.3 is 0 Å². The van der Waals surface area contributed by atoms with E-state index in [4.69, 9.17) is 4.74 Å². The molecule has 14 heteroatoms. The smallest absolute Gasteiger partial charge is 0.276 e. The number of carbonyl (C=O) groups is 2. The van der Waals surface area contributed by atoms with Crippen LogP contribution >= 0.6 is 15.9 Å². The molecule has 0 bridgehead atoms.